The lowest BCUT2D eigenvalue weighted by atomic mass is 10.0. The van der Waals surface area contributed by atoms with E-state index in [-0.39, 0.29) is 11.8 Å². The Kier molecular flexibility index (Phi) is 6.15. The summed E-state index contributed by atoms with van der Waals surface area (Å²) in [5.41, 5.74) is 5.30. The number of nitrogens with zero attached hydrogens (tertiary/aromatic N) is 2. The molecule has 0 bridgehead atoms. The lowest BCUT2D eigenvalue weighted by molar-refractivity contribution is -0.120. The highest BCUT2D eigenvalue weighted by atomic mass is 35.5. The smallest absolute Gasteiger partial charge is 0.282 e. The SMILES string of the molecule is CCN(Cc1ccccc1)C1=C(c2ccc(Cl)cc2)C(=O)N(c2ccc(C)c(C)c2)C1=O. The standard InChI is InChI=1S/C27H25ClN2O2/c1-4-29(17-20-8-6-5-7-9-20)25-24(21-11-13-22(28)14-12-21)26(31)30(27(25)32)23-15-10-18(2)19(3)16-23/h5-16H,4,17H2,1-3H3. The zero-order valence-corrected chi connectivity index (χ0v) is 19.2. The van der Waals surface area contributed by atoms with Crippen LogP contribution < -0.4 is 4.90 Å². The average molecular weight is 445 g/mol. The van der Waals surface area contributed by atoms with Crippen LogP contribution >= 0.6 is 11.6 Å². The van der Waals surface area contributed by atoms with Crippen LogP contribution in [-0.4, -0.2) is 23.3 Å². The Labute approximate surface area is 193 Å². The summed E-state index contributed by atoms with van der Waals surface area (Å²) in [5.74, 6) is -0.622. The summed E-state index contributed by atoms with van der Waals surface area (Å²) in [6.07, 6.45) is 0. The van der Waals surface area contributed by atoms with Gasteiger partial charge in [0.15, 0.2) is 0 Å². The number of likely N-dealkylation sites (N-methyl/N-ethyl adjacent to an activating group) is 1. The Morgan fingerprint density at radius 1 is 0.844 bits per heavy atom. The zero-order valence-electron chi connectivity index (χ0n) is 18.4. The molecule has 1 aliphatic heterocycles. The molecule has 162 valence electrons. The maximum atomic E-state index is 13.7. The van der Waals surface area contributed by atoms with Crippen LogP contribution in [0.15, 0.2) is 78.5 Å². The van der Waals surface area contributed by atoms with Crippen LogP contribution in [0.3, 0.4) is 0 Å². The second kappa shape index (κ2) is 9.01. The average Bonchev–Trinajstić information content (AvgIpc) is 3.05. The van der Waals surface area contributed by atoms with Gasteiger partial charge in [0.05, 0.1) is 11.3 Å². The fourth-order valence-electron chi connectivity index (χ4n) is 3.94. The van der Waals surface area contributed by atoms with Crippen molar-refractivity contribution < 1.29 is 9.59 Å². The Balaban J connectivity index is 1.83. The molecule has 1 aliphatic rings. The molecule has 0 fully saturated rings. The van der Waals surface area contributed by atoms with E-state index in [4.69, 9.17) is 11.6 Å². The molecule has 4 rings (SSSR count). The first-order valence-corrected chi connectivity index (χ1v) is 11.0. The van der Waals surface area contributed by atoms with Crippen LogP contribution in [0.2, 0.25) is 5.02 Å². The van der Waals surface area contributed by atoms with Crippen molar-refractivity contribution >= 4 is 34.7 Å². The number of benzene rings is 3. The van der Waals surface area contributed by atoms with Gasteiger partial charge in [-0.3, -0.25) is 9.59 Å². The highest BCUT2D eigenvalue weighted by molar-refractivity contribution is 6.45. The highest BCUT2D eigenvalue weighted by Crippen LogP contribution is 2.36. The number of carbonyl (C=O) groups is 2. The molecule has 1 heterocycles. The number of halogens is 1. The summed E-state index contributed by atoms with van der Waals surface area (Å²) in [6, 6.07) is 22.7. The summed E-state index contributed by atoms with van der Waals surface area (Å²) in [7, 11) is 0. The van der Waals surface area contributed by atoms with E-state index in [1.165, 1.54) is 4.90 Å². The second-order valence-electron chi connectivity index (χ2n) is 7.94. The van der Waals surface area contributed by atoms with Gasteiger partial charge in [0, 0.05) is 18.1 Å². The van der Waals surface area contributed by atoms with E-state index in [1.807, 2.05) is 74.2 Å². The molecule has 5 heteroatoms. The van der Waals surface area contributed by atoms with E-state index in [0.717, 1.165) is 16.7 Å². The van der Waals surface area contributed by atoms with Gasteiger partial charge in [-0.1, -0.05) is 60.1 Å². The minimum absolute atomic E-state index is 0.305. The topological polar surface area (TPSA) is 40.6 Å². The van der Waals surface area contributed by atoms with Crippen molar-refractivity contribution in [1.29, 1.82) is 0 Å². The van der Waals surface area contributed by atoms with E-state index in [1.54, 1.807) is 24.3 Å². The van der Waals surface area contributed by atoms with Crippen LogP contribution in [0.5, 0.6) is 0 Å². The van der Waals surface area contributed by atoms with E-state index in [9.17, 15) is 9.59 Å². The van der Waals surface area contributed by atoms with Gasteiger partial charge in [0.1, 0.15) is 5.70 Å². The van der Waals surface area contributed by atoms with Gasteiger partial charge in [0.2, 0.25) is 0 Å². The Bertz CT molecular complexity index is 1200. The van der Waals surface area contributed by atoms with E-state index in [0.29, 0.717) is 40.6 Å². The molecule has 0 N–H and O–H groups in total. The summed E-state index contributed by atoms with van der Waals surface area (Å²) in [4.78, 5) is 30.7. The molecule has 3 aromatic carbocycles. The minimum Gasteiger partial charge on any atom is -0.362 e. The van der Waals surface area contributed by atoms with Gasteiger partial charge in [-0.05, 0) is 67.3 Å². The van der Waals surface area contributed by atoms with Gasteiger partial charge < -0.3 is 4.90 Å². The van der Waals surface area contributed by atoms with Crippen LogP contribution in [0, 0.1) is 13.8 Å². The minimum atomic E-state index is -0.318. The molecule has 0 unspecified atom stereocenters. The summed E-state index contributed by atoms with van der Waals surface area (Å²) in [5, 5.41) is 0.579. The fourth-order valence-corrected chi connectivity index (χ4v) is 4.07. The molecule has 0 radical (unpaired) electrons. The summed E-state index contributed by atoms with van der Waals surface area (Å²) >= 11 is 6.08. The second-order valence-corrected chi connectivity index (χ2v) is 8.38. The molecule has 0 aromatic heterocycles. The Hall–Kier alpha value is -3.37. The van der Waals surface area contributed by atoms with Crippen LogP contribution in [-0.2, 0) is 16.1 Å². The number of carbonyl (C=O) groups excluding carboxylic acids is 2. The van der Waals surface area contributed by atoms with Crippen molar-refractivity contribution in [3.8, 4) is 0 Å². The third-order valence-electron chi connectivity index (χ3n) is 5.86. The molecule has 0 atom stereocenters. The van der Waals surface area contributed by atoms with E-state index >= 15 is 0 Å². The normalized spacial score (nSPS) is 13.8. The van der Waals surface area contributed by atoms with E-state index < -0.39 is 0 Å². The van der Waals surface area contributed by atoms with Crippen LogP contribution in [0.4, 0.5) is 5.69 Å². The largest absolute Gasteiger partial charge is 0.362 e. The lowest BCUT2D eigenvalue weighted by Gasteiger charge is -2.25. The third-order valence-corrected chi connectivity index (χ3v) is 6.11. The van der Waals surface area contributed by atoms with Crippen molar-refractivity contribution in [1.82, 2.24) is 4.90 Å². The number of amides is 2. The molecule has 3 aromatic rings. The first-order chi connectivity index (χ1) is 15.4. The van der Waals surface area contributed by atoms with Crippen molar-refractivity contribution in [2.24, 2.45) is 0 Å². The predicted molar refractivity (Wildman–Crippen MR) is 129 cm³/mol. The summed E-state index contributed by atoms with van der Waals surface area (Å²) < 4.78 is 0. The van der Waals surface area contributed by atoms with Crippen molar-refractivity contribution in [2.75, 3.05) is 11.4 Å². The molecule has 0 saturated carbocycles. The predicted octanol–water partition coefficient (Wildman–Crippen LogP) is 5.76. The number of imide groups is 1. The Morgan fingerprint density at radius 3 is 2.16 bits per heavy atom. The zero-order chi connectivity index (χ0) is 22.8. The fraction of sp³-hybridized carbons (Fsp3) is 0.185. The van der Waals surface area contributed by atoms with Crippen molar-refractivity contribution in [3.05, 3.63) is 106 Å². The molecule has 0 spiro atoms. The maximum absolute atomic E-state index is 13.7. The maximum Gasteiger partial charge on any atom is 0.282 e. The molecule has 2 amide bonds. The van der Waals surface area contributed by atoms with E-state index in [2.05, 4.69) is 0 Å². The van der Waals surface area contributed by atoms with Gasteiger partial charge in [-0.15, -0.1) is 0 Å². The first-order valence-electron chi connectivity index (χ1n) is 10.7. The third kappa shape index (κ3) is 4.06. The molecule has 32 heavy (non-hydrogen) atoms. The highest BCUT2D eigenvalue weighted by Gasteiger charge is 2.42. The number of hydrogen-bond donors (Lipinski definition) is 0. The van der Waals surface area contributed by atoms with Gasteiger partial charge in [-0.25, -0.2) is 4.90 Å². The molecular weight excluding hydrogens is 420 g/mol. The number of anilines is 1. The van der Waals surface area contributed by atoms with Gasteiger partial charge >= 0.3 is 0 Å². The van der Waals surface area contributed by atoms with Crippen molar-refractivity contribution in [3.63, 3.8) is 0 Å². The molecule has 4 nitrogen and oxygen atoms in total. The Morgan fingerprint density at radius 2 is 1.53 bits per heavy atom. The molecular formula is C27H25ClN2O2. The number of aryl methyl sites for hydroxylation is 2. The number of rotatable bonds is 6. The number of hydrogen-bond acceptors (Lipinski definition) is 3. The monoisotopic (exact) mass is 444 g/mol. The lowest BCUT2D eigenvalue weighted by Crippen LogP contribution is -2.35. The van der Waals surface area contributed by atoms with Crippen LogP contribution in [0.25, 0.3) is 5.57 Å². The van der Waals surface area contributed by atoms with Gasteiger partial charge in [-0.2, -0.15) is 0 Å². The summed E-state index contributed by atoms with van der Waals surface area (Å²) in [6.45, 7) is 7.09. The van der Waals surface area contributed by atoms with Crippen molar-refractivity contribution in [2.45, 2.75) is 27.3 Å². The first kappa shape index (κ1) is 21.8. The molecule has 0 aliphatic carbocycles. The molecule has 0 saturated heterocycles. The van der Waals surface area contributed by atoms with Gasteiger partial charge in [0.25, 0.3) is 11.8 Å². The quantitative estimate of drug-likeness (QED) is 0.453. The van der Waals surface area contributed by atoms with Crippen LogP contribution in [0.1, 0.15) is 29.2 Å².